The van der Waals surface area contributed by atoms with E-state index in [1.54, 1.807) is 0 Å². The zero-order valence-electron chi connectivity index (χ0n) is 22.2. The van der Waals surface area contributed by atoms with E-state index >= 15 is 0 Å². The molecule has 0 unspecified atom stereocenters. The van der Waals surface area contributed by atoms with Gasteiger partial charge in [0.2, 0.25) is 0 Å². The highest BCUT2D eigenvalue weighted by molar-refractivity contribution is 6.11. The molecule has 0 radical (unpaired) electrons. The lowest BCUT2D eigenvalue weighted by Crippen LogP contribution is -1.95. The smallest absolute Gasteiger partial charge is 0.172 e. The van der Waals surface area contributed by atoms with Gasteiger partial charge < -0.3 is 8.98 Å². The van der Waals surface area contributed by atoms with E-state index < -0.39 is 0 Å². The van der Waals surface area contributed by atoms with Gasteiger partial charge in [-0.15, -0.1) is 0 Å². The SMILES string of the molecule is N#Cc1nc2c(oc3ccc(-c4ccc5c(c4)c4ccccc4n5-c4ccccc4)cc32)c(C#N)c1-c1ccccc1. The number of benzene rings is 5. The van der Waals surface area contributed by atoms with Crippen molar-refractivity contribution in [1.82, 2.24) is 9.55 Å². The van der Waals surface area contributed by atoms with Crippen LogP contribution in [-0.4, -0.2) is 9.55 Å². The Balaban J connectivity index is 1.34. The van der Waals surface area contributed by atoms with Crippen LogP contribution in [-0.2, 0) is 0 Å². The molecule has 0 saturated carbocycles. The van der Waals surface area contributed by atoms with Crippen molar-refractivity contribution in [2.24, 2.45) is 0 Å². The first-order chi connectivity index (χ1) is 20.7. The quantitative estimate of drug-likeness (QED) is 0.225. The number of rotatable bonds is 3. The van der Waals surface area contributed by atoms with Crippen molar-refractivity contribution in [3.63, 3.8) is 0 Å². The van der Waals surface area contributed by atoms with Gasteiger partial charge in [0, 0.05) is 27.4 Å². The second-order valence-corrected chi connectivity index (χ2v) is 10.2. The highest BCUT2D eigenvalue weighted by Crippen LogP contribution is 2.39. The number of hydrogen-bond donors (Lipinski definition) is 0. The van der Waals surface area contributed by atoms with Gasteiger partial charge in [-0.25, -0.2) is 4.98 Å². The Morgan fingerprint density at radius 1 is 0.595 bits per heavy atom. The minimum atomic E-state index is 0.202. The molecule has 5 heteroatoms. The summed E-state index contributed by atoms with van der Waals surface area (Å²) in [4.78, 5) is 4.72. The molecule has 0 N–H and O–H groups in total. The molecule has 0 aliphatic carbocycles. The van der Waals surface area contributed by atoms with E-state index in [-0.39, 0.29) is 5.69 Å². The fourth-order valence-corrected chi connectivity index (χ4v) is 6.03. The summed E-state index contributed by atoms with van der Waals surface area (Å²) in [7, 11) is 0. The lowest BCUT2D eigenvalue weighted by Gasteiger charge is -2.08. The van der Waals surface area contributed by atoms with Crippen LogP contribution in [0.5, 0.6) is 0 Å². The van der Waals surface area contributed by atoms with Crippen LogP contribution in [0.25, 0.3) is 71.8 Å². The number of nitriles is 2. The first kappa shape index (κ1) is 23.7. The average Bonchev–Trinajstić information content (AvgIpc) is 3.59. The summed E-state index contributed by atoms with van der Waals surface area (Å²) in [6.07, 6.45) is 0. The maximum Gasteiger partial charge on any atom is 0.172 e. The molecule has 0 aliphatic rings. The van der Waals surface area contributed by atoms with Crippen molar-refractivity contribution in [2.75, 3.05) is 0 Å². The van der Waals surface area contributed by atoms with E-state index in [0.717, 1.165) is 44.2 Å². The summed E-state index contributed by atoms with van der Waals surface area (Å²) < 4.78 is 8.50. The third kappa shape index (κ3) is 3.45. The highest BCUT2D eigenvalue weighted by Gasteiger charge is 2.22. The Bertz CT molecular complexity index is 2420. The van der Waals surface area contributed by atoms with Crippen molar-refractivity contribution < 1.29 is 4.42 Å². The summed E-state index contributed by atoms with van der Waals surface area (Å²) in [6.45, 7) is 0. The van der Waals surface area contributed by atoms with Gasteiger partial charge in [-0.1, -0.05) is 78.9 Å². The van der Waals surface area contributed by atoms with E-state index in [9.17, 15) is 10.5 Å². The van der Waals surface area contributed by atoms with Gasteiger partial charge in [-0.3, -0.25) is 0 Å². The molecule has 42 heavy (non-hydrogen) atoms. The molecule has 194 valence electrons. The van der Waals surface area contributed by atoms with E-state index in [1.807, 2.05) is 54.6 Å². The van der Waals surface area contributed by atoms with Crippen LogP contribution in [0.15, 0.2) is 126 Å². The summed E-state index contributed by atoms with van der Waals surface area (Å²) in [5.41, 5.74) is 8.74. The maximum absolute atomic E-state index is 10.2. The van der Waals surface area contributed by atoms with Crippen LogP contribution in [0.1, 0.15) is 11.3 Å². The highest BCUT2D eigenvalue weighted by atomic mass is 16.3. The molecule has 0 amide bonds. The number of hydrogen-bond acceptors (Lipinski definition) is 4. The van der Waals surface area contributed by atoms with Gasteiger partial charge in [-0.05, 0) is 59.2 Å². The first-order valence-corrected chi connectivity index (χ1v) is 13.6. The maximum atomic E-state index is 10.2. The molecule has 5 aromatic carbocycles. The van der Waals surface area contributed by atoms with Gasteiger partial charge in [0.15, 0.2) is 11.3 Å². The Hall–Kier alpha value is -6.17. The Labute approximate surface area is 240 Å². The number of aromatic nitrogens is 2. The molecule has 0 aliphatic heterocycles. The molecule has 0 fully saturated rings. The Morgan fingerprint density at radius 2 is 1.26 bits per heavy atom. The molecule has 0 saturated heterocycles. The third-order valence-electron chi connectivity index (χ3n) is 7.90. The average molecular weight is 537 g/mol. The standard InChI is InChI=1S/C37H20N4O/c38-21-30-35(23-9-3-1-4-10-23)31(22-39)40-36-29-20-25(16-18-34(29)42-37(30)36)24-15-17-33-28(19-24)27-13-7-8-14-32(27)41(33)26-11-5-2-6-12-26/h1-20H. The van der Waals surface area contributed by atoms with Crippen LogP contribution in [0.2, 0.25) is 0 Å². The molecule has 3 aromatic heterocycles. The summed E-state index contributed by atoms with van der Waals surface area (Å²) >= 11 is 0. The number of fused-ring (bicyclic) bond motifs is 6. The Morgan fingerprint density at radius 3 is 2.02 bits per heavy atom. The molecule has 8 aromatic rings. The molecule has 5 nitrogen and oxygen atoms in total. The fraction of sp³-hybridized carbons (Fsp3) is 0. The molecular weight excluding hydrogens is 516 g/mol. The van der Waals surface area contributed by atoms with Crippen molar-refractivity contribution in [3.8, 4) is 40.1 Å². The van der Waals surface area contributed by atoms with Crippen LogP contribution in [0.3, 0.4) is 0 Å². The number of pyridine rings is 1. The monoisotopic (exact) mass is 536 g/mol. The molecular formula is C37H20N4O. The topological polar surface area (TPSA) is 78.5 Å². The van der Waals surface area contributed by atoms with Crippen LogP contribution >= 0.6 is 0 Å². The number of furan rings is 1. The number of para-hydroxylation sites is 2. The van der Waals surface area contributed by atoms with E-state index in [2.05, 4.69) is 83.4 Å². The lowest BCUT2D eigenvalue weighted by molar-refractivity contribution is 0.667. The molecule has 3 heterocycles. The van der Waals surface area contributed by atoms with Gasteiger partial charge in [-0.2, -0.15) is 10.5 Å². The van der Waals surface area contributed by atoms with Crippen molar-refractivity contribution >= 4 is 43.9 Å². The molecule has 0 spiro atoms. The third-order valence-corrected chi connectivity index (χ3v) is 7.90. The number of nitrogens with zero attached hydrogens (tertiary/aromatic N) is 4. The van der Waals surface area contributed by atoms with Crippen LogP contribution in [0.4, 0.5) is 0 Å². The van der Waals surface area contributed by atoms with Gasteiger partial charge >= 0.3 is 0 Å². The minimum absolute atomic E-state index is 0.202. The van der Waals surface area contributed by atoms with Crippen LogP contribution in [0, 0.1) is 22.7 Å². The predicted octanol–water partition coefficient (Wildman–Crippen LogP) is 9.16. The molecule has 0 bridgehead atoms. The van der Waals surface area contributed by atoms with Crippen molar-refractivity contribution in [1.29, 1.82) is 10.5 Å². The second kappa shape index (κ2) is 9.20. The zero-order valence-corrected chi connectivity index (χ0v) is 22.2. The van der Waals surface area contributed by atoms with Crippen LogP contribution < -0.4 is 0 Å². The lowest BCUT2D eigenvalue weighted by atomic mass is 9.97. The summed E-state index contributed by atoms with van der Waals surface area (Å²) in [5, 5.41) is 23.3. The van der Waals surface area contributed by atoms with Crippen molar-refractivity contribution in [3.05, 3.63) is 133 Å². The fourth-order valence-electron chi connectivity index (χ4n) is 6.03. The first-order valence-electron chi connectivity index (χ1n) is 13.6. The molecule has 8 rings (SSSR count). The predicted molar refractivity (Wildman–Crippen MR) is 166 cm³/mol. The van der Waals surface area contributed by atoms with Gasteiger partial charge in [0.05, 0.1) is 11.0 Å². The Kier molecular flexibility index (Phi) is 5.19. The molecule has 0 atom stereocenters. The largest absolute Gasteiger partial charge is 0.453 e. The minimum Gasteiger partial charge on any atom is -0.453 e. The zero-order chi connectivity index (χ0) is 28.2. The normalized spacial score (nSPS) is 11.3. The van der Waals surface area contributed by atoms with E-state index in [0.29, 0.717) is 27.8 Å². The van der Waals surface area contributed by atoms with E-state index in [1.165, 1.54) is 5.39 Å². The van der Waals surface area contributed by atoms with E-state index in [4.69, 9.17) is 9.40 Å². The summed E-state index contributed by atoms with van der Waals surface area (Å²) in [6, 6.07) is 45.2. The summed E-state index contributed by atoms with van der Waals surface area (Å²) in [5.74, 6) is 0. The van der Waals surface area contributed by atoms with Gasteiger partial charge in [0.1, 0.15) is 28.8 Å². The second-order valence-electron chi connectivity index (χ2n) is 10.2. The van der Waals surface area contributed by atoms with Gasteiger partial charge in [0.25, 0.3) is 0 Å². The van der Waals surface area contributed by atoms with Crippen molar-refractivity contribution in [2.45, 2.75) is 0 Å².